The molecule has 1 fully saturated rings. The second-order valence-electron chi connectivity index (χ2n) is 7.85. The van der Waals surface area contributed by atoms with E-state index in [0.717, 1.165) is 23.6 Å². The highest BCUT2D eigenvalue weighted by molar-refractivity contribution is 6.08. The van der Waals surface area contributed by atoms with Gasteiger partial charge in [-0.1, -0.05) is 35.9 Å². The topological polar surface area (TPSA) is 87.1 Å². The molecule has 1 N–H and O–H groups in total. The van der Waals surface area contributed by atoms with E-state index in [9.17, 15) is 22.8 Å². The summed E-state index contributed by atoms with van der Waals surface area (Å²) >= 11 is 0. The van der Waals surface area contributed by atoms with E-state index in [1.165, 1.54) is 17.3 Å². The van der Waals surface area contributed by atoms with E-state index in [2.05, 4.69) is 20.1 Å². The maximum absolute atomic E-state index is 12.8. The second-order valence-corrected chi connectivity index (χ2v) is 7.85. The summed E-state index contributed by atoms with van der Waals surface area (Å²) in [7, 11) is 0. The first kappa shape index (κ1) is 22.6. The van der Waals surface area contributed by atoms with Crippen LogP contribution in [0, 0.1) is 6.92 Å². The van der Waals surface area contributed by atoms with Gasteiger partial charge in [0, 0.05) is 31.8 Å². The smallest absolute Gasteiger partial charge is 0.388 e. The van der Waals surface area contributed by atoms with Gasteiger partial charge in [-0.15, -0.1) is 13.2 Å². The van der Waals surface area contributed by atoms with Gasteiger partial charge in [-0.05, 0) is 24.5 Å². The number of nitrogens with one attached hydrogen (secondary N) is 1. The lowest BCUT2D eigenvalue weighted by Crippen LogP contribution is -2.45. The number of amides is 3. The number of rotatable bonds is 5. The van der Waals surface area contributed by atoms with Crippen molar-refractivity contribution >= 4 is 17.6 Å². The van der Waals surface area contributed by atoms with Crippen LogP contribution in [-0.4, -0.2) is 58.0 Å². The second kappa shape index (κ2) is 9.08. The molecule has 0 aliphatic carbocycles. The molecule has 0 spiro atoms. The molecule has 0 radical (unpaired) electrons. The standard InChI is InChI=1S/C22H22F3N5O3/c1-14-4-7-16(8-5-14)20-17(29-10-2-3-19(29)31)13-30(28-20)21(32)27-12-15-6-9-18(26-11-15)33-22(23,24)25/h4-9,11,17H,2-3,10,12-13H2,1H3,(H,27,32). The van der Waals surface area contributed by atoms with Gasteiger partial charge in [0.15, 0.2) is 0 Å². The first-order valence-corrected chi connectivity index (χ1v) is 10.4. The van der Waals surface area contributed by atoms with E-state index in [4.69, 9.17) is 0 Å². The van der Waals surface area contributed by atoms with Gasteiger partial charge < -0.3 is 15.0 Å². The Labute approximate surface area is 188 Å². The molecule has 8 nitrogen and oxygen atoms in total. The van der Waals surface area contributed by atoms with E-state index in [0.29, 0.717) is 24.2 Å². The van der Waals surface area contributed by atoms with Crippen LogP contribution >= 0.6 is 0 Å². The molecule has 2 aliphatic heterocycles. The molecule has 11 heteroatoms. The first-order chi connectivity index (χ1) is 15.7. The van der Waals surface area contributed by atoms with Gasteiger partial charge in [0.1, 0.15) is 0 Å². The Morgan fingerprint density at radius 3 is 2.58 bits per heavy atom. The molecule has 3 amide bonds. The van der Waals surface area contributed by atoms with E-state index >= 15 is 0 Å². The Morgan fingerprint density at radius 2 is 1.97 bits per heavy atom. The Bertz CT molecular complexity index is 1050. The number of carbonyl (C=O) groups is 2. The maximum atomic E-state index is 12.8. The number of nitrogens with zero attached hydrogens (tertiary/aromatic N) is 4. The van der Waals surface area contributed by atoms with E-state index in [1.54, 1.807) is 4.90 Å². The number of ether oxygens (including phenoxy) is 1. The van der Waals surface area contributed by atoms with Crippen molar-refractivity contribution < 1.29 is 27.5 Å². The number of hydrogen-bond donors (Lipinski definition) is 1. The third-order valence-corrected chi connectivity index (χ3v) is 5.42. The molecule has 0 saturated carbocycles. The Balaban J connectivity index is 1.44. The third kappa shape index (κ3) is 5.41. The number of halogens is 3. The Morgan fingerprint density at radius 1 is 1.21 bits per heavy atom. The van der Waals surface area contributed by atoms with Crippen molar-refractivity contribution in [2.24, 2.45) is 5.10 Å². The first-order valence-electron chi connectivity index (χ1n) is 10.4. The minimum atomic E-state index is -4.82. The molecule has 1 aromatic heterocycles. The molecule has 1 aromatic carbocycles. The van der Waals surface area contributed by atoms with Crippen molar-refractivity contribution in [3.63, 3.8) is 0 Å². The number of aryl methyl sites for hydroxylation is 1. The summed E-state index contributed by atoms with van der Waals surface area (Å²) in [4.78, 5) is 30.5. The van der Waals surface area contributed by atoms with Crippen LogP contribution in [0.4, 0.5) is 18.0 Å². The summed E-state index contributed by atoms with van der Waals surface area (Å²) < 4.78 is 40.5. The Hall–Kier alpha value is -3.63. The summed E-state index contributed by atoms with van der Waals surface area (Å²) in [6, 6.07) is 9.36. The van der Waals surface area contributed by atoms with E-state index in [1.807, 2.05) is 31.2 Å². The summed E-state index contributed by atoms with van der Waals surface area (Å²) in [5, 5.41) is 8.46. The van der Waals surface area contributed by atoms with Crippen molar-refractivity contribution in [1.82, 2.24) is 20.2 Å². The number of aromatic nitrogens is 1. The highest BCUT2D eigenvalue weighted by Crippen LogP contribution is 2.24. The van der Waals surface area contributed by atoms with Crippen LogP contribution < -0.4 is 10.1 Å². The number of urea groups is 1. The quantitative estimate of drug-likeness (QED) is 0.741. The lowest BCUT2D eigenvalue weighted by Gasteiger charge is -2.25. The van der Waals surface area contributed by atoms with Crippen molar-refractivity contribution in [1.29, 1.82) is 0 Å². The van der Waals surface area contributed by atoms with Crippen LogP contribution in [-0.2, 0) is 11.3 Å². The molecule has 1 saturated heterocycles. The van der Waals surface area contributed by atoms with Crippen LogP contribution in [0.5, 0.6) is 5.88 Å². The number of pyridine rings is 1. The van der Waals surface area contributed by atoms with Crippen LogP contribution in [0.1, 0.15) is 29.5 Å². The normalized spacial score (nSPS) is 18.5. The molecule has 174 valence electrons. The third-order valence-electron chi connectivity index (χ3n) is 5.42. The molecule has 33 heavy (non-hydrogen) atoms. The number of carbonyl (C=O) groups excluding carboxylic acids is 2. The van der Waals surface area contributed by atoms with Gasteiger partial charge in [0.05, 0.1) is 18.3 Å². The van der Waals surface area contributed by atoms with E-state index < -0.39 is 18.3 Å². The summed E-state index contributed by atoms with van der Waals surface area (Å²) in [6.45, 7) is 2.84. The zero-order valence-electron chi connectivity index (χ0n) is 17.8. The van der Waals surface area contributed by atoms with Crippen LogP contribution in [0.2, 0.25) is 0 Å². The van der Waals surface area contributed by atoms with Crippen molar-refractivity contribution in [3.05, 3.63) is 59.3 Å². The SMILES string of the molecule is Cc1ccc(C2=NN(C(=O)NCc3ccc(OC(F)(F)F)nc3)CC2N2CCCC2=O)cc1. The largest absolute Gasteiger partial charge is 0.574 e. The predicted molar refractivity (Wildman–Crippen MR) is 112 cm³/mol. The van der Waals surface area contributed by atoms with Crippen molar-refractivity contribution in [3.8, 4) is 5.88 Å². The van der Waals surface area contributed by atoms with Crippen LogP contribution in [0.3, 0.4) is 0 Å². The highest BCUT2D eigenvalue weighted by atomic mass is 19.4. The molecule has 1 unspecified atom stereocenters. The maximum Gasteiger partial charge on any atom is 0.574 e. The predicted octanol–water partition coefficient (Wildman–Crippen LogP) is 3.21. The number of likely N-dealkylation sites (tertiary alicyclic amines) is 1. The minimum absolute atomic E-state index is 0.0364. The summed E-state index contributed by atoms with van der Waals surface area (Å²) in [5.41, 5.74) is 3.06. The molecule has 4 rings (SSSR count). The van der Waals surface area contributed by atoms with Gasteiger partial charge in [0.25, 0.3) is 0 Å². The lowest BCUT2D eigenvalue weighted by molar-refractivity contribution is -0.276. The molecule has 0 bridgehead atoms. The highest BCUT2D eigenvalue weighted by Gasteiger charge is 2.39. The lowest BCUT2D eigenvalue weighted by atomic mass is 10.0. The fourth-order valence-electron chi connectivity index (χ4n) is 3.80. The fourth-order valence-corrected chi connectivity index (χ4v) is 3.80. The monoisotopic (exact) mass is 461 g/mol. The number of alkyl halides is 3. The molecule has 1 atom stereocenters. The Kier molecular flexibility index (Phi) is 6.21. The van der Waals surface area contributed by atoms with Gasteiger partial charge in [-0.3, -0.25) is 4.79 Å². The number of hydrazone groups is 1. The molecule has 2 aromatic rings. The average Bonchev–Trinajstić information content (AvgIpc) is 3.38. The molecule has 2 aliphatic rings. The van der Waals surface area contributed by atoms with Crippen LogP contribution in [0.25, 0.3) is 0 Å². The molecule has 3 heterocycles. The van der Waals surface area contributed by atoms with Gasteiger partial charge in [0.2, 0.25) is 11.8 Å². The number of hydrogen-bond acceptors (Lipinski definition) is 5. The van der Waals surface area contributed by atoms with Crippen molar-refractivity contribution in [2.75, 3.05) is 13.1 Å². The molecular formula is C22H22F3N5O3. The molecular weight excluding hydrogens is 439 g/mol. The summed E-state index contributed by atoms with van der Waals surface area (Å²) in [6.07, 6.45) is -2.38. The van der Waals surface area contributed by atoms with Crippen molar-refractivity contribution in [2.45, 2.75) is 38.7 Å². The average molecular weight is 461 g/mol. The van der Waals surface area contributed by atoms with E-state index in [-0.39, 0.29) is 25.0 Å². The minimum Gasteiger partial charge on any atom is -0.388 e. The summed E-state index contributed by atoms with van der Waals surface area (Å²) in [5.74, 6) is -0.545. The number of benzene rings is 1. The fraction of sp³-hybridized carbons (Fsp3) is 0.364. The zero-order valence-corrected chi connectivity index (χ0v) is 17.8. The van der Waals surface area contributed by atoms with Crippen LogP contribution in [0.15, 0.2) is 47.7 Å². The van der Waals surface area contributed by atoms with Gasteiger partial charge in [-0.25, -0.2) is 14.8 Å². The van der Waals surface area contributed by atoms with Gasteiger partial charge >= 0.3 is 12.4 Å². The van der Waals surface area contributed by atoms with Gasteiger partial charge in [-0.2, -0.15) is 5.10 Å². The zero-order chi connectivity index (χ0) is 23.6.